The van der Waals surface area contributed by atoms with Crippen molar-refractivity contribution in [1.82, 2.24) is 0 Å². The molecule has 0 aliphatic heterocycles. The lowest BCUT2D eigenvalue weighted by molar-refractivity contribution is -0.632. The number of ether oxygens (including phenoxy) is 1. The lowest BCUT2D eigenvalue weighted by atomic mass is 9.98. The number of benzene rings is 3. The van der Waals surface area contributed by atoms with Crippen LogP contribution >= 0.6 is 0 Å². The van der Waals surface area contributed by atoms with E-state index in [2.05, 4.69) is 29.8 Å². The van der Waals surface area contributed by atoms with Gasteiger partial charge in [-0.15, -0.1) is 0 Å². The van der Waals surface area contributed by atoms with E-state index in [0.29, 0.717) is 0 Å². The molecule has 1 aromatic heterocycles. The van der Waals surface area contributed by atoms with E-state index in [-0.39, 0.29) is 17.0 Å². The van der Waals surface area contributed by atoms with Crippen LogP contribution in [0.25, 0.3) is 32.9 Å². The van der Waals surface area contributed by atoms with Gasteiger partial charge in [0, 0.05) is 22.8 Å². The van der Waals surface area contributed by atoms with Crippen molar-refractivity contribution in [1.29, 1.82) is 0 Å². The summed E-state index contributed by atoms with van der Waals surface area (Å²) in [4.78, 5) is 0. The van der Waals surface area contributed by atoms with Crippen LogP contribution in [0, 0.1) is 0 Å². The standard InChI is InChI=1S/C21H19N3O.BrH/c1-24-20-12-15(23)7-9-18(20)17-8-6-14(22)11-19(17)21(24)13-4-3-5-16(10-13)25-2;/h3-12,23H,22H2,1-2H3;1H. The van der Waals surface area contributed by atoms with Gasteiger partial charge >= 0.3 is 0 Å². The molecule has 0 aliphatic rings. The van der Waals surface area contributed by atoms with Crippen molar-refractivity contribution in [2.24, 2.45) is 7.05 Å². The molecule has 0 atom stereocenters. The van der Waals surface area contributed by atoms with Gasteiger partial charge in [0.25, 0.3) is 0 Å². The predicted octanol–water partition coefficient (Wildman–Crippen LogP) is 0.661. The molecule has 4 aromatic rings. The number of hydrogen-bond acceptors (Lipinski definition) is 3. The Morgan fingerprint density at radius 3 is 2.23 bits per heavy atom. The molecular weight excluding hydrogens is 390 g/mol. The first-order valence-corrected chi connectivity index (χ1v) is 8.13. The zero-order chi connectivity index (χ0) is 17.6. The first-order chi connectivity index (χ1) is 12.1. The Bertz CT molecular complexity index is 1130. The third-order valence-electron chi connectivity index (χ3n) is 4.65. The minimum atomic E-state index is 0. The Hall–Kier alpha value is -2.79. The predicted molar refractivity (Wildman–Crippen MR) is 103 cm³/mol. The second-order valence-electron chi connectivity index (χ2n) is 6.22. The number of methoxy groups -OCH3 is 1. The molecule has 0 fully saturated rings. The number of anilines is 2. The number of pyridine rings is 1. The second kappa shape index (κ2) is 6.84. The normalized spacial score (nSPS) is 10.7. The highest BCUT2D eigenvalue weighted by atomic mass is 79.9. The summed E-state index contributed by atoms with van der Waals surface area (Å²) in [6.45, 7) is 0. The maximum Gasteiger partial charge on any atom is 0.220 e. The molecule has 3 aromatic carbocycles. The van der Waals surface area contributed by atoms with E-state index in [0.717, 1.165) is 50.1 Å². The van der Waals surface area contributed by atoms with Crippen LogP contribution in [0.2, 0.25) is 0 Å². The minimum absolute atomic E-state index is 0. The lowest BCUT2D eigenvalue weighted by Gasteiger charge is -2.11. The number of aryl methyl sites for hydroxylation is 1. The van der Waals surface area contributed by atoms with Crippen LogP contribution < -0.4 is 37.8 Å². The van der Waals surface area contributed by atoms with Crippen molar-refractivity contribution < 1.29 is 26.3 Å². The maximum atomic E-state index is 6.09. The Morgan fingerprint density at radius 1 is 0.808 bits per heavy atom. The van der Waals surface area contributed by atoms with Crippen LogP contribution in [0.1, 0.15) is 0 Å². The van der Waals surface area contributed by atoms with Gasteiger partial charge in [-0.1, -0.05) is 12.1 Å². The van der Waals surface area contributed by atoms with Crippen LogP contribution in [0.15, 0.2) is 60.7 Å². The largest absolute Gasteiger partial charge is 1.00 e. The molecule has 0 unspecified atom stereocenters. The molecule has 0 aliphatic carbocycles. The van der Waals surface area contributed by atoms with Crippen LogP contribution in [0.3, 0.4) is 0 Å². The number of rotatable bonds is 2. The van der Waals surface area contributed by atoms with Gasteiger partial charge in [0.2, 0.25) is 11.2 Å². The first kappa shape index (κ1) is 18.0. The highest BCUT2D eigenvalue weighted by molar-refractivity contribution is 6.10. The molecule has 0 bridgehead atoms. The molecule has 26 heavy (non-hydrogen) atoms. The van der Waals surface area contributed by atoms with Gasteiger partial charge in [0.05, 0.1) is 23.4 Å². The molecule has 0 radical (unpaired) electrons. The molecule has 5 heteroatoms. The third-order valence-corrected chi connectivity index (χ3v) is 4.65. The SMILES string of the molecule is COc1cccc(-c2c3cc(N)ccc3c3ccc(N)cc3[n+]2C)c1.[Br-]. The van der Waals surface area contributed by atoms with Crippen molar-refractivity contribution in [3.63, 3.8) is 0 Å². The van der Waals surface area contributed by atoms with Crippen molar-refractivity contribution in [3.8, 4) is 17.0 Å². The Kier molecular flexibility index (Phi) is 4.74. The smallest absolute Gasteiger partial charge is 0.220 e. The highest BCUT2D eigenvalue weighted by Crippen LogP contribution is 2.33. The number of nitrogens with zero attached hydrogens (tertiary/aromatic N) is 1. The second-order valence-corrected chi connectivity index (χ2v) is 6.22. The fourth-order valence-corrected chi connectivity index (χ4v) is 3.47. The van der Waals surface area contributed by atoms with Crippen LogP contribution in [0.4, 0.5) is 11.4 Å². The van der Waals surface area contributed by atoms with Gasteiger partial charge in [-0.2, -0.15) is 4.57 Å². The molecule has 4 rings (SSSR count). The first-order valence-electron chi connectivity index (χ1n) is 8.13. The number of hydrogen-bond donors (Lipinski definition) is 2. The Labute approximate surface area is 162 Å². The molecule has 0 saturated heterocycles. The number of nitrogen functional groups attached to an aromatic ring is 2. The summed E-state index contributed by atoms with van der Waals surface area (Å²) < 4.78 is 7.57. The van der Waals surface area contributed by atoms with E-state index in [4.69, 9.17) is 16.2 Å². The van der Waals surface area contributed by atoms with E-state index < -0.39 is 0 Å². The number of fused-ring (bicyclic) bond motifs is 3. The van der Waals surface area contributed by atoms with E-state index in [1.807, 2.05) is 42.5 Å². The van der Waals surface area contributed by atoms with E-state index in [1.165, 1.54) is 0 Å². The van der Waals surface area contributed by atoms with E-state index in [9.17, 15) is 0 Å². The van der Waals surface area contributed by atoms with Gasteiger partial charge in [0.15, 0.2) is 0 Å². The highest BCUT2D eigenvalue weighted by Gasteiger charge is 2.21. The summed E-state index contributed by atoms with van der Waals surface area (Å²) in [5.41, 5.74) is 16.9. The summed E-state index contributed by atoms with van der Waals surface area (Å²) in [6.07, 6.45) is 0. The minimum Gasteiger partial charge on any atom is -1.00 e. The summed E-state index contributed by atoms with van der Waals surface area (Å²) in [5.74, 6) is 0.822. The number of nitrogens with two attached hydrogens (primary N) is 2. The zero-order valence-corrected chi connectivity index (χ0v) is 16.2. The maximum absolute atomic E-state index is 6.09. The third kappa shape index (κ3) is 2.84. The molecule has 4 N–H and O–H groups in total. The molecule has 4 nitrogen and oxygen atoms in total. The fourth-order valence-electron chi connectivity index (χ4n) is 3.47. The summed E-state index contributed by atoms with van der Waals surface area (Å²) in [5, 5.41) is 3.41. The van der Waals surface area contributed by atoms with Gasteiger partial charge < -0.3 is 33.2 Å². The lowest BCUT2D eigenvalue weighted by Crippen LogP contribution is -3.00. The monoisotopic (exact) mass is 409 g/mol. The van der Waals surface area contributed by atoms with Crippen molar-refractivity contribution in [2.45, 2.75) is 0 Å². The zero-order valence-electron chi connectivity index (χ0n) is 14.7. The van der Waals surface area contributed by atoms with Crippen LogP contribution in [-0.4, -0.2) is 7.11 Å². The van der Waals surface area contributed by atoms with Gasteiger partial charge in [-0.25, -0.2) is 0 Å². The Morgan fingerprint density at radius 2 is 1.50 bits per heavy atom. The molecule has 0 spiro atoms. The van der Waals surface area contributed by atoms with Crippen LogP contribution in [0.5, 0.6) is 5.75 Å². The molecular formula is C21H20BrN3O. The number of aromatic nitrogens is 1. The van der Waals surface area contributed by atoms with Gasteiger partial charge in [-0.3, -0.25) is 0 Å². The van der Waals surface area contributed by atoms with Crippen LogP contribution in [-0.2, 0) is 7.05 Å². The van der Waals surface area contributed by atoms with Crippen molar-refractivity contribution in [3.05, 3.63) is 60.7 Å². The quantitative estimate of drug-likeness (QED) is 0.290. The number of halogens is 1. The van der Waals surface area contributed by atoms with Gasteiger partial charge in [0.1, 0.15) is 12.8 Å². The summed E-state index contributed by atoms with van der Waals surface area (Å²) in [7, 11) is 3.73. The van der Waals surface area contributed by atoms with E-state index in [1.54, 1.807) is 7.11 Å². The summed E-state index contributed by atoms with van der Waals surface area (Å²) >= 11 is 0. The molecule has 132 valence electrons. The average molecular weight is 410 g/mol. The van der Waals surface area contributed by atoms with Crippen molar-refractivity contribution in [2.75, 3.05) is 18.6 Å². The fraction of sp³-hybridized carbons (Fsp3) is 0.0952. The average Bonchev–Trinajstić information content (AvgIpc) is 2.62. The molecule has 0 amide bonds. The molecule has 0 saturated carbocycles. The van der Waals surface area contributed by atoms with E-state index >= 15 is 0 Å². The summed E-state index contributed by atoms with van der Waals surface area (Å²) in [6, 6.07) is 20.1. The Balaban J connectivity index is 0.00000196. The topological polar surface area (TPSA) is 65.1 Å². The van der Waals surface area contributed by atoms with Crippen molar-refractivity contribution >= 4 is 33.1 Å². The van der Waals surface area contributed by atoms with Gasteiger partial charge in [-0.05, 0) is 42.5 Å². The molecule has 1 heterocycles.